The molecular formula is C30H24N4O6. The molecule has 7 rings (SSSR count). The largest absolute Gasteiger partial charge is 0.493 e. The van der Waals surface area contributed by atoms with Gasteiger partial charge in [-0.25, -0.2) is 4.98 Å². The number of furan rings is 1. The minimum Gasteiger partial charge on any atom is -0.493 e. The fourth-order valence-corrected chi connectivity index (χ4v) is 5.77. The lowest BCUT2D eigenvalue weighted by molar-refractivity contribution is 0.0515. The summed E-state index contributed by atoms with van der Waals surface area (Å²) in [6.07, 6.45) is 1.47. The van der Waals surface area contributed by atoms with E-state index >= 15 is 0 Å². The van der Waals surface area contributed by atoms with E-state index in [0.29, 0.717) is 59.5 Å². The average molecular weight is 537 g/mol. The predicted molar refractivity (Wildman–Crippen MR) is 149 cm³/mol. The maximum atomic E-state index is 13.9. The molecule has 0 aliphatic carbocycles. The van der Waals surface area contributed by atoms with Crippen molar-refractivity contribution >= 4 is 49.9 Å². The average Bonchev–Trinajstić information content (AvgIpc) is 3.66. The van der Waals surface area contributed by atoms with Crippen molar-refractivity contribution in [1.82, 2.24) is 19.2 Å². The molecule has 1 saturated heterocycles. The molecule has 0 saturated carbocycles. The lowest BCUT2D eigenvalue weighted by Gasteiger charge is -2.34. The van der Waals surface area contributed by atoms with Crippen molar-refractivity contribution in [3.05, 3.63) is 82.7 Å². The van der Waals surface area contributed by atoms with Crippen LogP contribution in [0.2, 0.25) is 0 Å². The minimum atomic E-state index is -0.248. The molecule has 0 atom stereocenters. The Bertz CT molecular complexity index is 2010. The van der Waals surface area contributed by atoms with E-state index in [1.165, 1.54) is 20.5 Å². The molecule has 2 amide bonds. The number of fused-ring (bicyclic) bond motifs is 5. The van der Waals surface area contributed by atoms with E-state index in [9.17, 15) is 14.4 Å². The van der Waals surface area contributed by atoms with E-state index < -0.39 is 0 Å². The molecule has 1 aliphatic rings. The van der Waals surface area contributed by atoms with Gasteiger partial charge < -0.3 is 23.7 Å². The Balaban J connectivity index is 1.38. The lowest BCUT2D eigenvalue weighted by Crippen LogP contribution is -2.50. The highest BCUT2D eigenvalue weighted by Crippen LogP contribution is 2.39. The van der Waals surface area contributed by atoms with Crippen LogP contribution < -0.4 is 15.0 Å². The molecule has 5 heterocycles. The van der Waals surface area contributed by atoms with E-state index in [2.05, 4.69) is 0 Å². The number of hydrogen-bond donors (Lipinski definition) is 0. The molecule has 0 bridgehead atoms. The maximum absolute atomic E-state index is 13.9. The summed E-state index contributed by atoms with van der Waals surface area (Å²) < 4.78 is 18.0. The molecule has 200 valence electrons. The van der Waals surface area contributed by atoms with Crippen molar-refractivity contribution in [3.63, 3.8) is 0 Å². The zero-order valence-electron chi connectivity index (χ0n) is 21.8. The molecular weight excluding hydrogens is 512 g/mol. The summed E-state index contributed by atoms with van der Waals surface area (Å²) in [6, 6.07) is 16.2. The number of ether oxygens (including phenoxy) is 2. The highest BCUT2D eigenvalue weighted by atomic mass is 16.5. The Morgan fingerprint density at radius 3 is 2.30 bits per heavy atom. The first-order valence-electron chi connectivity index (χ1n) is 12.9. The summed E-state index contributed by atoms with van der Waals surface area (Å²) in [5.41, 5.74) is 1.92. The standard InChI is InChI=1S/C30H24N4O6/c1-38-22-10-9-18-24(27(22)39-2)30(37)34-21-7-4-3-6-17(21)19-16-20(31-25(18)26(19)34)28(35)32-11-13-33(14-12-32)29(36)23-8-5-15-40-23/h3-10,15-16H,11-14H2,1-2H3. The Kier molecular flexibility index (Phi) is 5.38. The van der Waals surface area contributed by atoms with Crippen molar-refractivity contribution in [2.45, 2.75) is 0 Å². The van der Waals surface area contributed by atoms with Gasteiger partial charge in [-0.1, -0.05) is 18.2 Å². The van der Waals surface area contributed by atoms with Crippen molar-refractivity contribution in [3.8, 4) is 11.5 Å². The number of hydrogen-bond acceptors (Lipinski definition) is 7. The number of pyridine rings is 2. The Labute approximate surface area is 227 Å². The number of carbonyl (C=O) groups excluding carboxylic acids is 2. The van der Waals surface area contributed by atoms with Crippen molar-refractivity contribution in [1.29, 1.82) is 0 Å². The van der Waals surface area contributed by atoms with E-state index in [1.807, 2.05) is 24.3 Å². The number of aromatic nitrogens is 2. The Hall–Kier alpha value is -5.12. The van der Waals surface area contributed by atoms with Gasteiger partial charge >= 0.3 is 0 Å². The van der Waals surface area contributed by atoms with Crippen LogP contribution >= 0.6 is 0 Å². The summed E-state index contributed by atoms with van der Waals surface area (Å²) in [6.45, 7) is 1.49. The van der Waals surface area contributed by atoms with Gasteiger partial charge in [0.2, 0.25) is 0 Å². The fourth-order valence-electron chi connectivity index (χ4n) is 5.77. The van der Waals surface area contributed by atoms with E-state index in [1.54, 1.807) is 44.5 Å². The van der Waals surface area contributed by atoms with Crippen LogP contribution in [0.15, 0.2) is 70.1 Å². The van der Waals surface area contributed by atoms with Crippen LogP contribution in [0.4, 0.5) is 0 Å². The summed E-state index contributed by atoms with van der Waals surface area (Å²) in [5.74, 6) is 0.596. The molecule has 1 aliphatic heterocycles. The van der Waals surface area contributed by atoms with E-state index in [-0.39, 0.29) is 28.8 Å². The third kappa shape index (κ3) is 3.35. The maximum Gasteiger partial charge on any atom is 0.289 e. The smallest absolute Gasteiger partial charge is 0.289 e. The number of amides is 2. The van der Waals surface area contributed by atoms with Crippen LogP contribution in [-0.4, -0.2) is 71.4 Å². The first kappa shape index (κ1) is 24.0. The zero-order valence-corrected chi connectivity index (χ0v) is 21.8. The molecule has 6 aromatic rings. The van der Waals surface area contributed by atoms with Gasteiger partial charge in [0.05, 0.1) is 42.4 Å². The molecule has 10 nitrogen and oxygen atoms in total. The van der Waals surface area contributed by atoms with Gasteiger partial charge in [0.1, 0.15) is 5.69 Å². The van der Waals surface area contributed by atoms with Crippen LogP contribution in [0.1, 0.15) is 21.0 Å². The number of rotatable bonds is 4. The molecule has 1 fully saturated rings. The van der Waals surface area contributed by atoms with Gasteiger partial charge in [-0.05, 0) is 36.4 Å². The normalized spacial score (nSPS) is 14.1. The topological polar surface area (TPSA) is 107 Å². The predicted octanol–water partition coefficient (Wildman–Crippen LogP) is 3.80. The number of benzene rings is 2. The third-order valence-corrected chi connectivity index (χ3v) is 7.67. The molecule has 0 radical (unpaired) electrons. The first-order valence-corrected chi connectivity index (χ1v) is 12.9. The van der Waals surface area contributed by atoms with Crippen molar-refractivity contribution < 1.29 is 23.5 Å². The number of carbonyl (C=O) groups is 2. The summed E-state index contributed by atoms with van der Waals surface area (Å²) in [4.78, 5) is 48.6. The second-order valence-electron chi connectivity index (χ2n) is 9.70. The first-order chi connectivity index (χ1) is 19.5. The molecule has 4 aromatic heterocycles. The molecule has 2 aromatic carbocycles. The quantitative estimate of drug-likeness (QED) is 0.316. The summed E-state index contributed by atoms with van der Waals surface area (Å²) in [7, 11) is 3.01. The molecule has 0 spiro atoms. The van der Waals surface area contributed by atoms with Crippen LogP contribution in [0, 0.1) is 0 Å². The Morgan fingerprint density at radius 2 is 1.60 bits per heavy atom. The molecule has 10 heteroatoms. The van der Waals surface area contributed by atoms with E-state index in [4.69, 9.17) is 18.9 Å². The number of piperazine rings is 1. The SMILES string of the molecule is COc1ccc2c(c1OC)c(=O)n1c3ccccc3c3cc(C(=O)N4CCN(C(=O)c5ccco5)CC4)nc2c31. The summed E-state index contributed by atoms with van der Waals surface area (Å²) in [5, 5.41) is 2.52. The van der Waals surface area contributed by atoms with Gasteiger partial charge in [0.15, 0.2) is 17.3 Å². The van der Waals surface area contributed by atoms with E-state index in [0.717, 1.165) is 16.3 Å². The van der Waals surface area contributed by atoms with Gasteiger partial charge in [-0.3, -0.25) is 18.8 Å². The monoisotopic (exact) mass is 536 g/mol. The highest BCUT2D eigenvalue weighted by molar-refractivity contribution is 6.21. The van der Waals surface area contributed by atoms with Gasteiger partial charge in [0, 0.05) is 42.3 Å². The number of para-hydroxylation sites is 1. The summed E-state index contributed by atoms with van der Waals surface area (Å²) >= 11 is 0. The lowest BCUT2D eigenvalue weighted by atomic mass is 10.1. The second kappa shape index (κ2) is 8.98. The highest BCUT2D eigenvalue weighted by Gasteiger charge is 2.29. The molecule has 0 N–H and O–H groups in total. The molecule has 0 unspecified atom stereocenters. The van der Waals surface area contributed by atoms with Crippen molar-refractivity contribution in [2.24, 2.45) is 0 Å². The van der Waals surface area contributed by atoms with Crippen LogP contribution in [0.25, 0.3) is 38.1 Å². The number of methoxy groups -OCH3 is 2. The number of nitrogens with zero attached hydrogens (tertiary/aromatic N) is 4. The van der Waals surface area contributed by atoms with Gasteiger partial charge in [-0.15, -0.1) is 0 Å². The Morgan fingerprint density at radius 1 is 0.850 bits per heavy atom. The van der Waals surface area contributed by atoms with Crippen LogP contribution in [0.3, 0.4) is 0 Å². The minimum absolute atomic E-state index is 0.195. The molecule has 40 heavy (non-hydrogen) atoms. The van der Waals surface area contributed by atoms with Crippen LogP contribution in [0.5, 0.6) is 11.5 Å². The zero-order chi connectivity index (χ0) is 27.5. The van der Waals surface area contributed by atoms with Crippen molar-refractivity contribution in [2.75, 3.05) is 40.4 Å². The van der Waals surface area contributed by atoms with Gasteiger partial charge in [0.25, 0.3) is 17.4 Å². The van der Waals surface area contributed by atoms with Crippen LogP contribution in [-0.2, 0) is 0 Å². The second-order valence-corrected chi connectivity index (χ2v) is 9.70. The fraction of sp³-hybridized carbons (Fsp3) is 0.200. The third-order valence-electron chi connectivity index (χ3n) is 7.67. The van der Waals surface area contributed by atoms with Gasteiger partial charge in [-0.2, -0.15) is 0 Å².